The summed E-state index contributed by atoms with van der Waals surface area (Å²) in [5.41, 5.74) is 5.62. The summed E-state index contributed by atoms with van der Waals surface area (Å²) < 4.78 is 2.02. The number of rotatable bonds is 5. The molecule has 0 atom stereocenters. The van der Waals surface area contributed by atoms with Crippen molar-refractivity contribution in [2.45, 2.75) is 13.5 Å². The van der Waals surface area contributed by atoms with Gasteiger partial charge in [-0.15, -0.1) is 10.2 Å². The topological polar surface area (TPSA) is 61.4 Å². The molecule has 0 amide bonds. The minimum atomic E-state index is 0.502. The van der Waals surface area contributed by atoms with E-state index in [0.29, 0.717) is 27.4 Å². The minimum absolute atomic E-state index is 0.502. The van der Waals surface area contributed by atoms with Crippen molar-refractivity contribution in [1.29, 1.82) is 0 Å². The van der Waals surface area contributed by atoms with Gasteiger partial charge < -0.3 is 4.57 Å². The van der Waals surface area contributed by atoms with Crippen LogP contribution in [0.1, 0.15) is 11.1 Å². The standard InChI is InChI=1S/C24H17Cl3N6/c1-15-20(24-29-31-33(30-24)13-16-8-10-28-11-9-16)14-32(22-7-6-19(26)12-21(22)27)23(15)17-2-4-18(25)5-3-17/h2-12,14H,13H2,1H3. The second-order valence-corrected chi connectivity index (χ2v) is 8.77. The Morgan fingerprint density at radius 1 is 0.879 bits per heavy atom. The molecule has 3 heterocycles. The largest absolute Gasteiger partial charge is 0.314 e. The molecule has 0 spiro atoms. The lowest BCUT2D eigenvalue weighted by atomic mass is 10.1. The lowest BCUT2D eigenvalue weighted by Crippen LogP contribution is -2.03. The van der Waals surface area contributed by atoms with Crippen LogP contribution in [0.3, 0.4) is 0 Å². The molecule has 33 heavy (non-hydrogen) atoms. The molecule has 0 N–H and O–H groups in total. The van der Waals surface area contributed by atoms with E-state index in [1.54, 1.807) is 23.3 Å². The van der Waals surface area contributed by atoms with E-state index >= 15 is 0 Å². The number of aromatic nitrogens is 6. The Kier molecular flexibility index (Phi) is 5.89. The smallest absolute Gasteiger partial charge is 0.206 e. The summed E-state index contributed by atoms with van der Waals surface area (Å²) in [6, 6.07) is 16.9. The first-order chi connectivity index (χ1) is 16.0. The Balaban J connectivity index is 1.63. The molecule has 0 saturated heterocycles. The summed E-state index contributed by atoms with van der Waals surface area (Å²) in [5, 5.41) is 14.9. The third-order valence-electron chi connectivity index (χ3n) is 5.31. The fourth-order valence-electron chi connectivity index (χ4n) is 3.72. The maximum atomic E-state index is 6.57. The zero-order valence-electron chi connectivity index (χ0n) is 17.5. The highest BCUT2D eigenvalue weighted by Crippen LogP contribution is 2.37. The van der Waals surface area contributed by atoms with Crippen LogP contribution in [0.15, 0.2) is 73.2 Å². The monoisotopic (exact) mass is 494 g/mol. The van der Waals surface area contributed by atoms with Crippen molar-refractivity contribution in [2.75, 3.05) is 0 Å². The first-order valence-electron chi connectivity index (χ1n) is 10.1. The van der Waals surface area contributed by atoms with Crippen molar-refractivity contribution >= 4 is 34.8 Å². The highest BCUT2D eigenvalue weighted by molar-refractivity contribution is 6.35. The summed E-state index contributed by atoms with van der Waals surface area (Å²) in [6.45, 7) is 2.53. The van der Waals surface area contributed by atoms with Crippen LogP contribution >= 0.6 is 34.8 Å². The van der Waals surface area contributed by atoms with Gasteiger partial charge >= 0.3 is 0 Å². The van der Waals surface area contributed by atoms with Gasteiger partial charge in [0.15, 0.2) is 0 Å². The molecule has 5 aromatic rings. The molecule has 164 valence electrons. The predicted octanol–water partition coefficient (Wildman–Crippen LogP) is 6.51. The molecule has 0 fully saturated rings. The number of hydrogen-bond donors (Lipinski definition) is 0. The molecule has 0 unspecified atom stereocenters. The van der Waals surface area contributed by atoms with Gasteiger partial charge in [-0.05, 0) is 71.3 Å². The van der Waals surface area contributed by atoms with Gasteiger partial charge in [0.05, 0.1) is 22.9 Å². The van der Waals surface area contributed by atoms with Crippen molar-refractivity contribution in [3.05, 3.63) is 99.4 Å². The zero-order valence-corrected chi connectivity index (χ0v) is 19.7. The Labute approximate surface area is 205 Å². The van der Waals surface area contributed by atoms with Crippen LogP contribution < -0.4 is 0 Å². The van der Waals surface area contributed by atoms with Gasteiger partial charge in [-0.1, -0.05) is 46.9 Å². The average Bonchev–Trinajstić information content (AvgIpc) is 3.39. The fraction of sp³-hybridized carbons (Fsp3) is 0.0833. The summed E-state index contributed by atoms with van der Waals surface area (Å²) in [7, 11) is 0. The van der Waals surface area contributed by atoms with E-state index in [0.717, 1.165) is 33.6 Å². The van der Waals surface area contributed by atoms with Crippen LogP contribution in [0.2, 0.25) is 15.1 Å². The lowest BCUT2D eigenvalue weighted by molar-refractivity contribution is 0.572. The van der Waals surface area contributed by atoms with Gasteiger partial charge in [-0.2, -0.15) is 4.80 Å². The van der Waals surface area contributed by atoms with Crippen molar-refractivity contribution in [1.82, 2.24) is 29.8 Å². The Hall–Kier alpha value is -3.19. The van der Waals surface area contributed by atoms with Gasteiger partial charge in [-0.25, -0.2) is 0 Å². The molecule has 2 aromatic carbocycles. The maximum absolute atomic E-state index is 6.57. The second-order valence-electron chi connectivity index (χ2n) is 7.49. The van der Waals surface area contributed by atoms with Crippen molar-refractivity contribution < 1.29 is 0 Å². The summed E-state index contributed by atoms with van der Waals surface area (Å²) in [5.74, 6) is 0.528. The van der Waals surface area contributed by atoms with E-state index in [1.807, 2.05) is 66.2 Å². The third kappa shape index (κ3) is 4.37. The van der Waals surface area contributed by atoms with E-state index in [2.05, 4.69) is 20.4 Å². The number of pyridine rings is 1. The third-order valence-corrected chi connectivity index (χ3v) is 6.10. The Morgan fingerprint density at radius 2 is 1.61 bits per heavy atom. The van der Waals surface area contributed by atoms with Crippen molar-refractivity contribution in [2.24, 2.45) is 0 Å². The van der Waals surface area contributed by atoms with E-state index in [4.69, 9.17) is 34.8 Å². The molecule has 0 aliphatic rings. The van der Waals surface area contributed by atoms with Crippen LogP contribution in [-0.2, 0) is 6.54 Å². The molecule has 0 aliphatic heterocycles. The number of hydrogen-bond acceptors (Lipinski definition) is 4. The van der Waals surface area contributed by atoms with Gasteiger partial charge in [0.1, 0.15) is 0 Å². The molecular weight excluding hydrogens is 479 g/mol. The molecule has 0 bridgehead atoms. The molecule has 3 aromatic heterocycles. The van der Waals surface area contributed by atoms with Crippen LogP contribution in [0.25, 0.3) is 28.3 Å². The maximum Gasteiger partial charge on any atom is 0.206 e. The van der Waals surface area contributed by atoms with Crippen LogP contribution in [-0.4, -0.2) is 29.8 Å². The van der Waals surface area contributed by atoms with Gasteiger partial charge in [0.25, 0.3) is 0 Å². The second kappa shape index (κ2) is 8.98. The van der Waals surface area contributed by atoms with E-state index in [1.165, 1.54) is 0 Å². The van der Waals surface area contributed by atoms with Crippen molar-refractivity contribution in [3.8, 4) is 28.3 Å². The van der Waals surface area contributed by atoms with Crippen molar-refractivity contribution in [3.63, 3.8) is 0 Å². The number of tetrazole rings is 1. The molecule has 0 saturated carbocycles. The molecule has 5 rings (SSSR count). The predicted molar refractivity (Wildman–Crippen MR) is 131 cm³/mol. The lowest BCUT2D eigenvalue weighted by Gasteiger charge is -2.13. The average molecular weight is 496 g/mol. The summed E-state index contributed by atoms with van der Waals surface area (Å²) in [4.78, 5) is 5.61. The molecule has 0 radical (unpaired) electrons. The normalized spacial score (nSPS) is 11.2. The number of nitrogens with zero attached hydrogens (tertiary/aromatic N) is 6. The first kappa shape index (κ1) is 21.6. The quantitative estimate of drug-likeness (QED) is 0.279. The van der Waals surface area contributed by atoms with Crippen LogP contribution in [0, 0.1) is 6.92 Å². The van der Waals surface area contributed by atoms with Gasteiger partial charge in [-0.3, -0.25) is 4.98 Å². The fourth-order valence-corrected chi connectivity index (χ4v) is 4.35. The van der Waals surface area contributed by atoms with Gasteiger partial charge in [0, 0.05) is 34.2 Å². The summed E-state index contributed by atoms with van der Waals surface area (Å²) in [6.07, 6.45) is 5.46. The number of benzene rings is 2. The molecule has 0 aliphatic carbocycles. The van der Waals surface area contributed by atoms with E-state index in [9.17, 15) is 0 Å². The zero-order chi connectivity index (χ0) is 22.9. The molecular formula is C24H17Cl3N6. The first-order valence-corrected chi connectivity index (χ1v) is 11.2. The van der Waals surface area contributed by atoms with E-state index < -0.39 is 0 Å². The molecule has 6 nitrogen and oxygen atoms in total. The van der Waals surface area contributed by atoms with Crippen LogP contribution in [0.4, 0.5) is 0 Å². The molecule has 9 heteroatoms. The van der Waals surface area contributed by atoms with E-state index in [-0.39, 0.29) is 0 Å². The minimum Gasteiger partial charge on any atom is -0.314 e. The highest BCUT2D eigenvalue weighted by atomic mass is 35.5. The summed E-state index contributed by atoms with van der Waals surface area (Å²) >= 11 is 18.8. The Bertz CT molecular complexity index is 1420. The highest BCUT2D eigenvalue weighted by Gasteiger charge is 2.21. The SMILES string of the molecule is Cc1c(-c2nnn(Cc3ccncc3)n2)cn(-c2ccc(Cl)cc2Cl)c1-c1ccc(Cl)cc1. The Morgan fingerprint density at radius 3 is 2.33 bits per heavy atom. The van der Waals surface area contributed by atoms with Crippen LogP contribution in [0.5, 0.6) is 0 Å². The number of halogens is 3. The van der Waals surface area contributed by atoms with Gasteiger partial charge in [0.2, 0.25) is 5.82 Å².